The van der Waals surface area contributed by atoms with E-state index in [0.29, 0.717) is 29.5 Å². The molecule has 1 saturated carbocycles. The molecule has 0 aromatic carbocycles. The molecule has 0 bridgehead atoms. The number of amides is 1. The molecule has 0 unspecified atom stereocenters. The van der Waals surface area contributed by atoms with Crippen molar-refractivity contribution in [3.05, 3.63) is 17.5 Å². The number of aromatic nitrogens is 2. The van der Waals surface area contributed by atoms with Gasteiger partial charge in [-0.3, -0.25) is 4.79 Å². The number of hydrogen-bond donors (Lipinski definition) is 3. The van der Waals surface area contributed by atoms with Crippen molar-refractivity contribution in [1.82, 2.24) is 9.97 Å². The molecular formula is C16H26N4O2. The lowest BCUT2D eigenvalue weighted by Crippen LogP contribution is -2.24. The van der Waals surface area contributed by atoms with Crippen molar-refractivity contribution in [1.29, 1.82) is 0 Å². The number of hydrogen-bond acceptors (Lipinski definition) is 5. The van der Waals surface area contributed by atoms with Gasteiger partial charge >= 0.3 is 0 Å². The number of aliphatic hydroxyl groups is 1. The lowest BCUT2D eigenvalue weighted by atomic mass is 9.84. The summed E-state index contributed by atoms with van der Waals surface area (Å²) in [5, 5.41) is 13.0. The lowest BCUT2D eigenvalue weighted by Gasteiger charge is -2.26. The van der Waals surface area contributed by atoms with E-state index >= 15 is 0 Å². The molecule has 1 fully saturated rings. The summed E-state index contributed by atoms with van der Waals surface area (Å²) < 4.78 is 0. The van der Waals surface area contributed by atoms with E-state index in [-0.39, 0.29) is 12.1 Å². The van der Waals surface area contributed by atoms with Gasteiger partial charge in [0.05, 0.1) is 17.4 Å². The Hall–Kier alpha value is -1.69. The average molecular weight is 306 g/mol. The van der Waals surface area contributed by atoms with Gasteiger partial charge in [0.25, 0.3) is 5.91 Å². The first-order chi connectivity index (χ1) is 10.5. The number of primary amides is 1. The van der Waals surface area contributed by atoms with Crippen LogP contribution in [0, 0.1) is 5.92 Å². The number of aliphatic hydroxyl groups excluding tert-OH is 1. The molecule has 3 atom stereocenters. The van der Waals surface area contributed by atoms with Gasteiger partial charge in [0.2, 0.25) is 5.95 Å². The van der Waals surface area contributed by atoms with Crippen molar-refractivity contribution < 1.29 is 9.90 Å². The van der Waals surface area contributed by atoms with Crippen LogP contribution in [0.2, 0.25) is 0 Å². The molecule has 22 heavy (non-hydrogen) atoms. The zero-order valence-corrected chi connectivity index (χ0v) is 13.4. The van der Waals surface area contributed by atoms with Crippen molar-refractivity contribution in [2.75, 3.05) is 5.32 Å². The molecule has 1 aliphatic rings. The third kappa shape index (κ3) is 4.40. The number of nitrogens with zero attached hydrogens (tertiary/aromatic N) is 2. The number of rotatable bonds is 6. The highest BCUT2D eigenvalue weighted by atomic mass is 16.3. The molecule has 2 rings (SSSR count). The minimum absolute atomic E-state index is 0.240. The summed E-state index contributed by atoms with van der Waals surface area (Å²) in [7, 11) is 0. The fraction of sp³-hybridized carbons (Fsp3) is 0.688. The summed E-state index contributed by atoms with van der Waals surface area (Å²) in [5.74, 6) is 0.375. The highest BCUT2D eigenvalue weighted by molar-refractivity contribution is 5.93. The summed E-state index contributed by atoms with van der Waals surface area (Å²) in [6.45, 7) is 4.14. The van der Waals surface area contributed by atoms with Gasteiger partial charge in [-0.15, -0.1) is 0 Å². The van der Waals surface area contributed by atoms with Crippen LogP contribution in [0.5, 0.6) is 0 Å². The molecular weight excluding hydrogens is 280 g/mol. The Kier molecular flexibility index (Phi) is 5.71. The first-order valence-electron chi connectivity index (χ1n) is 8.09. The average Bonchev–Trinajstić information content (AvgIpc) is 2.47. The van der Waals surface area contributed by atoms with Crippen LogP contribution in [0.25, 0.3) is 0 Å². The Labute approximate surface area is 131 Å². The van der Waals surface area contributed by atoms with Crippen LogP contribution in [0.15, 0.2) is 6.20 Å². The molecule has 6 nitrogen and oxygen atoms in total. The van der Waals surface area contributed by atoms with Crippen LogP contribution in [-0.2, 0) is 6.42 Å². The van der Waals surface area contributed by atoms with Gasteiger partial charge in [-0.1, -0.05) is 13.3 Å². The van der Waals surface area contributed by atoms with Gasteiger partial charge in [-0.25, -0.2) is 9.97 Å². The molecule has 0 spiro atoms. The van der Waals surface area contributed by atoms with Gasteiger partial charge in [0.1, 0.15) is 0 Å². The lowest BCUT2D eigenvalue weighted by molar-refractivity contribution is 0.0987. The van der Waals surface area contributed by atoms with E-state index in [4.69, 9.17) is 5.73 Å². The number of carbonyl (C=O) groups excluding carboxylic acids is 1. The predicted octanol–water partition coefficient (Wildman–Crippen LogP) is 1.88. The fourth-order valence-electron chi connectivity index (χ4n) is 2.89. The third-order valence-corrected chi connectivity index (χ3v) is 4.36. The van der Waals surface area contributed by atoms with Crippen LogP contribution >= 0.6 is 0 Å². The van der Waals surface area contributed by atoms with Gasteiger partial charge in [-0.05, 0) is 44.9 Å². The van der Waals surface area contributed by atoms with E-state index in [9.17, 15) is 9.90 Å². The second-order valence-electron chi connectivity index (χ2n) is 6.26. The zero-order valence-electron chi connectivity index (χ0n) is 13.4. The Morgan fingerprint density at radius 2 is 2.32 bits per heavy atom. The first-order valence-corrected chi connectivity index (χ1v) is 8.09. The van der Waals surface area contributed by atoms with E-state index in [1.165, 1.54) is 6.20 Å². The van der Waals surface area contributed by atoms with E-state index < -0.39 is 5.91 Å². The Morgan fingerprint density at radius 1 is 1.55 bits per heavy atom. The summed E-state index contributed by atoms with van der Waals surface area (Å²) in [5.41, 5.74) is 6.51. The number of anilines is 1. The van der Waals surface area contributed by atoms with Crippen molar-refractivity contribution in [3.8, 4) is 0 Å². The minimum atomic E-state index is -0.499. The Morgan fingerprint density at radius 3 is 2.95 bits per heavy atom. The van der Waals surface area contributed by atoms with E-state index in [1.54, 1.807) is 0 Å². The van der Waals surface area contributed by atoms with Crippen LogP contribution in [0.3, 0.4) is 0 Å². The quantitative estimate of drug-likeness (QED) is 0.745. The first kappa shape index (κ1) is 16.7. The molecule has 1 amide bonds. The number of nitrogens with two attached hydrogens (primary N) is 1. The molecule has 0 saturated heterocycles. The fourth-order valence-corrected chi connectivity index (χ4v) is 2.89. The molecule has 4 N–H and O–H groups in total. The molecule has 122 valence electrons. The second-order valence-corrected chi connectivity index (χ2v) is 6.26. The van der Waals surface area contributed by atoms with Crippen molar-refractivity contribution >= 4 is 11.9 Å². The second kappa shape index (κ2) is 7.54. The molecule has 1 aromatic rings. The smallest absolute Gasteiger partial charge is 0.252 e. The molecule has 1 aromatic heterocycles. The van der Waals surface area contributed by atoms with Gasteiger partial charge in [0, 0.05) is 12.2 Å². The molecule has 1 aliphatic carbocycles. The van der Waals surface area contributed by atoms with Crippen LogP contribution in [0.4, 0.5) is 5.95 Å². The topological polar surface area (TPSA) is 101 Å². The summed E-state index contributed by atoms with van der Waals surface area (Å²) in [6.07, 6.45) is 6.58. The molecule has 1 heterocycles. The van der Waals surface area contributed by atoms with Gasteiger partial charge < -0.3 is 16.2 Å². The highest BCUT2D eigenvalue weighted by Gasteiger charge is 2.23. The summed E-state index contributed by atoms with van der Waals surface area (Å²) in [4.78, 5) is 20.3. The van der Waals surface area contributed by atoms with Crippen molar-refractivity contribution in [3.63, 3.8) is 0 Å². The maximum atomic E-state index is 11.6. The number of nitrogens with one attached hydrogen (secondary N) is 1. The van der Waals surface area contributed by atoms with E-state index in [2.05, 4.69) is 29.1 Å². The maximum Gasteiger partial charge on any atom is 0.252 e. The van der Waals surface area contributed by atoms with Crippen LogP contribution in [-0.4, -0.2) is 33.1 Å². The van der Waals surface area contributed by atoms with Crippen LogP contribution in [0.1, 0.15) is 62.0 Å². The minimum Gasteiger partial charge on any atom is -0.393 e. The van der Waals surface area contributed by atoms with E-state index in [0.717, 1.165) is 32.1 Å². The standard InChI is InChI=1S/C16H26N4O2/c1-3-10(2)19-16-18-9-13(15(17)22)14(20-16)8-11-5-4-6-12(21)7-11/h9-12,21H,3-8H2,1-2H3,(H2,17,22)(H,18,19,20)/t10-,11-,12+/m1/s1. The summed E-state index contributed by atoms with van der Waals surface area (Å²) in [6, 6.07) is 0.267. The SMILES string of the molecule is CC[C@@H](C)Nc1ncc(C(N)=O)c(C[C@@H]2CCC[C@H](O)C2)n1. The summed E-state index contributed by atoms with van der Waals surface area (Å²) >= 11 is 0. The van der Waals surface area contributed by atoms with Gasteiger partial charge in [0.15, 0.2) is 0 Å². The largest absolute Gasteiger partial charge is 0.393 e. The van der Waals surface area contributed by atoms with E-state index in [1.807, 2.05) is 0 Å². The van der Waals surface area contributed by atoms with Gasteiger partial charge in [-0.2, -0.15) is 0 Å². The molecule has 6 heteroatoms. The predicted molar refractivity (Wildman–Crippen MR) is 85.6 cm³/mol. The zero-order chi connectivity index (χ0) is 16.1. The highest BCUT2D eigenvalue weighted by Crippen LogP contribution is 2.28. The Bertz CT molecular complexity index is 521. The molecule has 0 radical (unpaired) electrons. The maximum absolute atomic E-state index is 11.6. The number of carbonyl (C=O) groups is 1. The van der Waals surface area contributed by atoms with Crippen molar-refractivity contribution in [2.24, 2.45) is 11.7 Å². The van der Waals surface area contributed by atoms with Crippen LogP contribution < -0.4 is 11.1 Å². The Balaban J connectivity index is 2.18. The normalized spacial score (nSPS) is 23.0. The molecule has 0 aliphatic heterocycles. The monoisotopic (exact) mass is 306 g/mol. The third-order valence-electron chi connectivity index (χ3n) is 4.36. The van der Waals surface area contributed by atoms with Crippen molar-refractivity contribution in [2.45, 2.75) is 64.5 Å².